The van der Waals surface area contributed by atoms with Gasteiger partial charge in [0.05, 0.1) is 12.3 Å². The molecule has 0 saturated heterocycles. The van der Waals surface area contributed by atoms with Crippen LogP contribution in [0.4, 0.5) is 5.69 Å². The first-order valence-electron chi connectivity index (χ1n) is 5.54. The number of hydrogen-bond donors (Lipinski definition) is 1. The van der Waals surface area contributed by atoms with Crippen LogP contribution in [0.25, 0.3) is 0 Å². The highest BCUT2D eigenvalue weighted by Gasteiger charge is 2.09. The van der Waals surface area contributed by atoms with Gasteiger partial charge in [-0.1, -0.05) is 12.1 Å². The van der Waals surface area contributed by atoms with Crippen LogP contribution < -0.4 is 5.32 Å². The van der Waals surface area contributed by atoms with E-state index in [9.17, 15) is 0 Å². The summed E-state index contributed by atoms with van der Waals surface area (Å²) < 4.78 is 5.38. The number of benzene rings is 1. The van der Waals surface area contributed by atoms with Crippen molar-refractivity contribution >= 4 is 5.69 Å². The van der Waals surface area contributed by atoms with Crippen LogP contribution in [0.5, 0.6) is 0 Å². The molecule has 0 aliphatic heterocycles. The molecule has 2 heteroatoms. The van der Waals surface area contributed by atoms with Crippen molar-refractivity contribution in [2.75, 3.05) is 5.32 Å². The molecule has 16 heavy (non-hydrogen) atoms. The van der Waals surface area contributed by atoms with Crippen molar-refractivity contribution in [1.29, 1.82) is 0 Å². The van der Waals surface area contributed by atoms with E-state index in [0.717, 1.165) is 5.76 Å². The molecule has 0 amide bonds. The maximum Gasteiger partial charge on any atom is 0.125 e. The first-order valence-corrected chi connectivity index (χ1v) is 5.54. The summed E-state index contributed by atoms with van der Waals surface area (Å²) in [5.74, 6) is 0.959. The van der Waals surface area contributed by atoms with E-state index >= 15 is 0 Å². The zero-order valence-corrected chi connectivity index (χ0v) is 9.95. The summed E-state index contributed by atoms with van der Waals surface area (Å²) in [6.07, 6.45) is 1.70. The fourth-order valence-electron chi connectivity index (χ4n) is 1.75. The Labute approximate surface area is 96.3 Å². The normalized spacial score (nSPS) is 12.4. The number of rotatable bonds is 3. The van der Waals surface area contributed by atoms with E-state index in [4.69, 9.17) is 4.42 Å². The van der Waals surface area contributed by atoms with E-state index in [2.05, 4.69) is 44.3 Å². The van der Waals surface area contributed by atoms with Gasteiger partial charge in [0, 0.05) is 5.69 Å². The van der Waals surface area contributed by atoms with Gasteiger partial charge in [-0.15, -0.1) is 0 Å². The molecule has 1 aromatic carbocycles. The Morgan fingerprint density at radius 1 is 1.12 bits per heavy atom. The van der Waals surface area contributed by atoms with Gasteiger partial charge in [0.2, 0.25) is 0 Å². The Bertz CT molecular complexity index is 460. The minimum atomic E-state index is 0.190. The summed E-state index contributed by atoms with van der Waals surface area (Å²) in [6, 6.07) is 10.4. The van der Waals surface area contributed by atoms with Gasteiger partial charge >= 0.3 is 0 Å². The second kappa shape index (κ2) is 4.44. The lowest BCUT2D eigenvalue weighted by atomic mass is 10.1. The molecule has 1 heterocycles. The fourth-order valence-corrected chi connectivity index (χ4v) is 1.75. The van der Waals surface area contributed by atoms with Gasteiger partial charge in [-0.3, -0.25) is 0 Å². The van der Waals surface area contributed by atoms with E-state index in [1.807, 2.05) is 12.1 Å². The highest BCUT2D eigenvalue weighted by Crippen LogP contribution is 2.23. The van der Waals surface area contributed by atoms with Gasteiger partial charge in [-0.2, -0.15) is 0 Å². The molecule has 84 valence electrons. The third kappa shape index (κ3) is 2.11. The van der Waals surface area contributed by atoms with Gasteiger partial charge in [0.1, 0.15) is 5.76 Å². The maximum atomic E-state index is 5.38. The molecule has 0 spiro atoms. The molecule has 0 saturated carbocycles. The quantitative estimate of drug-likeness (QED) is 0.834. The van der Waals surface area contributed by atoms with E-state index in [1.54, 1.807) is 6.26 Å². The lowest BCUT2D eigenvalue weighted by molar-refractivity contribution is 0.490. The summed E-state index contributed by atoms with van der Waals surface area (Å²) in [4.78, 5) is 0. The Balaban J connectivity index is 2.18. The van der Waals surface area contributed by atoms with Crippen molar-refractivity contribution in [3.63, 3.8) is 0 Å². The summed E-state index contributed by atoms with van der Waals surface area (Å²) in [5.41, 5.74) is 3.77. The Hall–Kier alpha value is -1.70. The van der Waals surface area contributed by atoms with E-state index in [1.165, 1.54) is 16.8 Å². The molecule has 1 N–H and O–H groups in total. The van der Waals surface area contributed by atoms with E-state index in [-0.39, 0.29) is 6.04 Å². The maximum absolute atomic E-state index is 5.38. The zero-order chi connectivity index (χ0) is 11.5. The van der Waals surface area contributed by atoms with Gasteiger partial charge in [0.25, 0.3) is 0 Å². The second-order valence-electron chi connectivity index (χ2n) is 4.13. The molecule has 0 radical (unpaired) electrons. The SMILES string of the molecule is Cc1cccc(NC(C)c2ccco2)c1C. The average molecular weight is 215 g/mol. The van der Waals surface area contributed by atoms with Crippen LogP contribution in [0.1, 0.15) is 29.9 Å². The van der Waals surface area contributed by atoms with Gasteiger partial charge in [-0.25, -0.2) is 0 Å². The molecule has 1 aromatic heterocycles. The van der Waals surface area contributed by atoms with Crippen LogP contribution >= 0.6 is 0 Å². The Morgan fingerprint density at radius 2 is 1.94 bits per heavy atom. The van der Waals surface area contributed by atoms with Crippen LogP contribution in [0, 0.1) is 13.8 Å². The highest BCUT2D eigenvalue weighted by molar-refractivity contribution is 5.54. The third-order valence-corrected chi connectivity index (χ3v) is 2.95. The summed E-state index contributed by atoms with van der Waals surface area (Å²) >= 11 is 0. The van der Waals surface area contributed by atoms with Gasteiger partial charge in [0.15, 0.2) is 0 Å². The van der Waals surface area contributed by atoms with Crippen LogP contribution in [0.2, 0.25) is 0 Å². The summed E-state index contributed by atoms with van der Waals surface area (Å²) in [7, 11) is 0. The molecule has 1 unspecified atom stereocenters. The zero-order valence-electron chi connectivity index (χ0n) is 9.95. The standard InChI is InChI=1S/C14H17NO/c1-10-6-4-7-13(11(10)2)15-12(3)14-8-5-9-16-14/h4-9,12,15H,1-3H3. The van der Waals surface area contributed by atoms with Crippen molar-refractivity contribution < 1.29 is 4.42 Å². The fraction of sp³-hybridized carbons (Fsp3) is 0.286. The molecule has 2 aromatic rings. The topological polar surface area (TPSA) is 25.2 Å². The summed E-state index contributed by atoms with van der Waals surface area (Å²) in [6.45, 7) is 6.35. The molecule has 2 nitrogen and oxygen atoms in total. The molecule has 0 fully saturated rings. The first kappa shape index (κ1) is 10.8. The average Bonchev–Trinajstić information content (AvgIpc) is 2.78. The van der Waals surface area contributed by atoms with Crippen molar-refractivity contribution in [2.24, 2.45) is 0 Å². The lowest BCUT2D eigenvalue weighted by Crippen LogP contribution is -2.07. The van der Waals surface area contributed by atoms with Crippen LogP contribution in [-0.2, 0) is 0 Å². The number of anilines is 1. The van der Waals surface area contributed by atoms with Crippen LogP contribution in [0.15, 0.2) is 41.0 Å². The Morgan fingerprint density at radius 3 is 2.62 bits per heavy atom. The van der Waals surface area contributed by atoms with Gasteiger partial charge in [-0.05, 0) is 50.1 Å². The lowest BCUT2D eigenvalue weighted by Gasteiger charge is -2.16. The molecule has 1 atom stereocenters. The molecule has 0 aliphatic carbocycles. The molecule has 0 aliphatic rings. The van der Waals surface area contributed by atoms with Crippen molar-refractivity contribution in [3.8, 4) is 0 Å². The summed E-state index contributed by atoms with van der Waals surface area (Å²) in [5, 5.41) is 3.46. The Kier molecular flexibility index (Phi) is 3.00. The van der Waals surface area contributed by atoms with Crippen molar-refractivity contribution in [1.82, 2.24) is 0 Å². The predicted molar refractivity (Wildman–Crippen MR) is 66.7 cm³/mol. The largest absolute Gasteiger partial charge is 0.467 e. The van der Waals surface area contributed by atoms with E-state index in [0.29, 0.717) is 0 Å². The van der Waals surface area contributed by atoms with E-state index < -0.39 is 0 Å². The first-order chi connectivity index (χ1) is 7.68. The van der Waals surface area contributed by atoms with Crippen molar-refractivity contribution in [2.45, 2.75) is 26.8 Å². The predicted octanol–water partition coefficient (Wildman–Crippen LogP) is 4.07. The smallest absolute Gasteiger partial charge is 0.125 e. The van der Waals surface area contributed by atoms with Crippen LogP contribution in [-0.4, -0.2) is 0 Å². The molecular weight excluding hydrogens is 198 g/mol. The number of furan rings is 1. The monoisotopic (exact) mass is 215 g/mol. The number of aryl methyl sites for hydroxylation is 1. The highest BCUT2D eigenvalue weighted by atomic mass is 16.3. The molecule has 0 bridgehead atoms. The number of hydrogen-bond acceptors (Lipinski definition) is 2. The van der Waals surface area contributed by atoms with Crippen LogP contribution in [0.3, 0.4) is 0 Å². The van der Waals surface area contributed by atoms with Crippen molar-refractivity contribution in [3.05, 3.63) is 53.5 Å². The number of nitrogens with one attached hydrogen (secondary N) is 1. The third-order valence-electron chi connectivity index (χ3n) is 2.95. The minimum Gasteiger partial charge on any atom is -0.467 e. The minimum absolute atomic E-state index is 0.190. The van der Waals surface area contributed by atoms with Gasteiger partial charge < -0.3 is 9.73 Å². The molecule has 2 rings (SSSR count). The molecular formula is C14H17NO. The second-order valence-corrected chi connectivity index (χ2v) is 4.13.